The van der Waals surface area contributed by atoms with Gasteiger partial charge in [-0.05, 0) is 25.7 Å². The van der Waals surface area contributed by atoms with Crippen LogP contribution in [0.25, 0.3) is 0 Å². The van der Waals surface area contributed by atoms with E-state index in [0.717, 1.165) is 11.3 Å². The molecule has 0 aromatic rings. The van der Waals surface area contributed by atoms with E-state index in [1.807, 2.05) is 20.8 Å². The topological polar surface area (TPSA) is 191 Å². The van der Waals surface area contributed by atoms with Crippen molar-refractivity contribution in [2.75, 3.05) is 19.7 Å². The third kappa shape index (κ3) is 9.17. The first-order valence-electron chi connectivity index (χ1n) is 11.3. The van der Waals surface area contributed by atoms with Crippen molar-refractivity contribution in [1.82, 2.24) is 9.80 Å². The van der Waals surface area contributed by atoms with Crippen molar-refractivity contribution < 1.29 is 53.9 Å². The van der Waals surface area contributed by atoms with Crippen LogP contribution in [0.2, 0.25) is 0 Å². The predicted octanol–water partition coefficient (Wildman–Crippen LogP) is -1.07. The zero-order valence-electron chi connectivity index (χ0n) is 20.7. The number of ether oxygens (including phenoxy) is 2. The molecule has 0 aromatic carbocycles. The van der Waals surface area contributed by atoms with Crippen molar-refractivity contribution in [3.63, 3.8) is 0 Å². The lowest BCUT2D eigenvalue weighted by atomic mass is 9.84. The van der Waals surface area contributed by atoms with E-state index in [0.29, 0.717) is 11.3 Å². The maximum absolute atomic E-state index is 12.7. The first-order valence-corrected chi connectivity index (χ1v) is 11.3. The standard InChI is InChI=1S/C22H36N2O11/c1-6-22(4,5)8-13(25)9-23-15(27)7-16(28)24(21(23)33)10-14(26)11-34-19(31)17(29)18(30)20(32)35-12(2)3/h12-14,17-18,25-26,29-30H,6-11H2,1-5H3. The molecule has 200 valence electrons. The lowest BCUT2D eigenvalue weighted by Gasteiger charge is -2.35. The number of amides is 4. The van der Waals surface area contributed by atoms with Gasteiger partial charge in [0, 0.05) is 0 Å². The Kier molecular flexibility index (Phi) is 11.2. The van der Waals surface area contributed by atoms with E-state index in [4.69, 9.17) is 0 Å². The van der Waals surface area contributed by atoms with Crippen molar-refractivity contribution in [3.8, 4) is 0 Å². The molecule has 4 N–H and O–H groups in total. The number of hydrogen-bond acceptors (Lipinski definition) is 11. The average molecular weight is 505 g/mol. The molecule has 4 unspecified atom stereocenters. The fourth-order valence-corrected chi connectivity index (χ4v) is 3.18. The second-order valence-corrected chi connectivity index (χ2v) is 9.50. The van der Waals surface area contributed by atoms with Crippen LogP contribution in [0.5, 0.6) is 0 Å². The summed E-state index contributed by atoms with van der Waals surface area (Å²) in [7, 11) is 0. The first-order chi connectivity index (χ1) is 16.1. The van der Waals surface area contributed by atoms with Crippen LogP contribution in [0.1, 0.15) is 53.9 Å². The Bertz CT molecular complexity index is 798. The molecule has 1 saturated heterocycles. The highest BCUT2D eigenvalue weighted by Crippen LogP contribution is 2.27. The third-order valence-electron chi connectivity index (χ3n) is 5.45. The number of carbonyl (C=O) groups is 5. The predicted molar refractivity (Wildman–Crippen MR) is 118 cm³/mol. The van der Waals surface area contributed by atoms with E-state index >= 15 is 0 Å². The Balaban J connectivity index is 2.70. The number of hydrogen-bond donors (Lipinski definition) is 4. The van der Waals surface area contributed by atoms with Gasteiger partial charge in [-0.2, -0.15) is 0 Å². The van der Waals surface area contributed by atoms with Gasteiger partial charge in [0.15, 0.2) is 12.2 Å². The van der Waals surface area contributed by atoms with Crippen molar-refractivity contribution in [1.29, 1.82) is 0 Å². The number of barbiturate groups is 1. The highest BCUT2D eigenvalue weighted by molar-refractivity contribution is 6.14. The van der Waals surface area contributed by atoms with E-state index < -0.39 is 79.9 Å². The molecular weight excluding hydrogens is 468 g/mol. The van der Waals surface area contributed by atoms with E-state index in [9.17, 15) is 44.4 Å². The quantitative estimate of drug-likeness (QED) is 0.176. The molecule has 4 amide bonds. The van der Waals surface area contributed by atoms with Crippen LogP contribution < -0.4 is 0 Å². The molecule has 0 radical (unpaired) electrons. The Labute approximate surface area is 203 Å². The largest absolute Gasteiger partial charge is 0.461 e. The van der Waals surface area contributed by atoms with Gasteiger partial charge in [-0.1, -0.05) is 27.2 Å². The number of β-amino-alcohol motifs (C(OH)–C–C–N with tert-alkyl or cyclic N) is 2. The van der Waals surface area contributed by atoms with E-state index in [1.54, 1.807) is 0 Å². The van der Waals surface area contributed by atoms with Gasteiger partial charge in [-0.15, -0.1) is 0 Å². The molecule has 1 rings (SSSR count). The van der Waals surface area contributed by atoms with Crippen LogP contribution in [0.3, 0.4) is 0 Å². The van der Waals surface area contributed by atoms with Gasteiger partial charge in [0.25, 0.3) is 0 Å². The van der Waals surface area contributed by atoms with Crippen LogP contribution in [0, 0.1) is 5.41 Å². The summed E-state index contributed by atoms with van der Waals surface area (Å²) in [4.78, 5) is 61.9. The molecule has 0 bridgehead atoms. The minimum absolute atomic E-state index is 0.236. The molecule has 1 fully saturated rings. The summed E-state index contributed by atoms with van der Waals surface area (Å²) < 4.78 is 9.33. The van der Waals surface area contributed by atoms with E-state index in [1.165, 1.54) is 13.8 Å². The minimum atomic E-state index is -2.28. The normalized spacial score (nSPS) is 18.4. The summed E-state index contributed by atoms with van der Waals surface area (Å²) in [5.41, 5.74) is -0.236. The molecule has 0 saturated carbocycles. The molecule has 35 heavy (non-hydrogen) atoms. The second kappa shape index (κ2) is 12.9. The molecule has 1 heterocycles. The lowest BCUT2D eigenvalue weighted by Crippen LogP contribution is -2.58. The van der Waals surface area contributed by atoms with Crippen LogP contribution in [-0.2, 0) is 28.7 Å². The molecule has 1 aliphatic heterocycles. The van der Waals surface area contributed by atoms with Gasteiger partial charge in [0.05, 0.1) is 25.3 Å². The number of nitrogens with zero attached hydrogens (tertiary/aromatic N) is 2. The number of aliphatic hydroxyl groups excluding tert-OH is 4. The van der Waals surface area contributed by atoms with Gasteiger partial charge >= 0.3 is 18.0 Å². The number of carbonyl (C=O) groups excluding carboxylic acids is 5. The number of rotatable bonds is 13. The van der Waals surface area contributed by atoms with Gasteiger partial charge in [0.2, 0.25) is 11.8 Å². The molecular formula is C22H36N2O11. The molecule has 1 aliphatic rings. The number of imide groups is 2. The fourth-order valence-electron chi connectivity index (χ4n) is 3.18. The van der Waals surface area contributed by atoms with Gasteiger partial charge in [-0.3, -0.25) is 19.4 Å². The Morgan fingerprint density at radius 3 is 1.89 bits per heavy atom. The van der Waals surface area contributed by atoms with E-state index in [2.05, 4.69) is 9.47 Å². The fraction of sp³-hybridized carbons (Fsp3) is 0.773. The van der Waals surface area contributed by atoms with Crippen LogP contribution in [0.15, 0.2) is 0 Å². The summed E-state index contributed by atoms with van der Waals surface area (Å²) in [5.74, 6) is -4.34. The van der Waals surface area contributed by atoms with Crippen LogP contribution in [0.4, 0.5) is 4.79 Å². The minimum Gasteiger partial charge on any atom is -0.461 e. The van der Waals surface area contributed by atoms with E-state index in [-0.39, 0.29) is 12.0 Å². The highest BCUT2D eigenvalue weighted by Gasteiger charge is 2.40. The second-order valence-electron chi connectivity index (χ2n) is 9.50. The Morgan fingerprint density at radius 1 is 0.914 bits per heavy atom. The summed E-state index contributed by atoms with van der Waals surface area (Å²) in [6.07, 6.45) is -7.30. The van der Waals surface area contributed by atoms with Gasteiger partial charge < -0.3 is 29.9 Å². The molecule has 4 atom stereocenters. The zero-order chi connectivity index (χ0) is 27.1. The van der Waals surface area contributed by atoms with Crippen molar-refractivity contribution in [3.05, 3.63) is 0 Å². The van der Waals surface area contributed by atoms with Gasteiger partial charge in [0.1, 0.15) is 19.1 Å². The average Bonchev–Trinajstić information content (AvgIpc) is 2.75. The van der Waals surface area contributed by atoms with Gasteiger partial charge in [-0.25, -0.2) is 14.4 Å². The van der Waals surface area contributed by atoms with Crippen LogP contribution in [-0.4, -0.2) is 110 Å². The zero-order valence-corrected chi connectivity index (χ0v) is 20.7. The number of urea groups is 1. The van der Waals surface area contributed by atoms with Crippen LogP contribution >= 0.6 is 0 Å². The first kappa shape index (κ1) is 30.4. The molecule has 13 heteroatoms. The number of aliphatic hydroxyl groups is 4. The SMILES string of the molecule is CCC(C)(C)CC(O)CN1C(=O)CC(=O)N(CC(O)COC(=O)C(O)C(O)C(=O)OC(C)C)C1=O. The summed E-state index contributed by atoms with van der Waals surface area (Å²) in [6.45, 7) is 7.02. The molecule has 13 nitrogen and oxygen atoms in total. The molecule has 0 spiro atoms. The lowest BCUT2D eigenvalue weighted by molar-refractivity contribution is -0.176. The smallest absolute Gasteiger partial charge is 0.338 e. The summed E-state index contributed by atoms with van der Waals surface area (Å²) in [6, 6.07) is -1.03. The highest BCUT2D eigenvalue weighted by atomic mass is 16.6. The molecule has 0 aliphatic carbocycles. The molecule has 0 aromatic heterocycles. The maximum Gasteiger partial charge on any atom is 0.338 e. The summed E-state index contributed by atoms with van der Waals surface area (Å²) in [5, 5.41) is 39.9. The number of esters is 2. The Morgan fingerprint density at radius 2 is 1.40 bits per heavy atom. The van der Waals surface area contributed by atoms with Crippen molar-refractivity contribution in [2.45, 2.75) is 84.4 Å². The van der Waals surface area contributed by atoms with Crippen molar-refractivity contribution >= 4 is 29.8 Å². The van der Waals surface area contributed by atoms with Crippen molar-refractivity contribution in [2.24, 2.45) is 5.41 Å². The maximum atomic E-state index is 12.7. The summed E-state index contributed by atoms with van der Waals surface area (Å²) >= 11 is 0. The monoisotopic (exact) mass is 504 g/mol. The third-order valence-corrected chi connectivity index (χ3v) is 5.45. The Hall–Kier alpha value is -2.61.